The molecule has 1 aliphatic rings. The highest BCUT2D eigenvalue weighted by molar-refractivity contribution is 7.90. The number of H-pyrrole nitrogens is 1. The number of amides is 1. The summed E-state index contributed by atoms with van der Waals surface area (Å²) in [4.78, 5) is 27.3. The van der Waals surface area contributed by atoms with Crippen molar-refractivity contribution in [3.8, 4) is 0 Å². The molecule has 0 aliphatic carbocycles. The molecule has 1 saturated heterocycles. The van der Waals surface area contributed by atoms with Crippen LogP contribution in [0.15, 0.2) is 77.7 Å². The van der Waals surface area contributed by atoms with Gasteiger partial charge in [0.15, 0.2) is 9.84 Å². The second-order valence-electron chi connectivity index (χ2n) is 11.1. The first kappa shape index (κ1) is 29.0. The Labute approximate surface area is 243 Å². The molecule has 0 spiro atoms. The van der Waals surface area contributed by atoms with Crippen LogP contribution in [0.2, 0.25) is 0 Å². The van der Waals surface area contributed by atoms with Gasteiger partial charge in [0.05, 0.1) is 22.0 Å². The molecule has 3 aromatic carbocycles. The van der Waals surface area contributed by atoms with Crippen molar-refractivity contribution in [2.45, 2.75) is 62.9 Å². The van der Waals surface area contributed by atoms with Crippen molar-refractivity contribution < 1.29 is 13.2 Å². The van der Waals surface area contributed by atoms with E-state index in [1.807, 2.05) is 29.2 Å². The highest BCUT2D eigenvalue weighted by Gasteiger charge is 2.30. The van der Waals surface area contributed by atoms with E-state index in [-0.39, 0.29) is 16.8 Å². The summed E-state index contributed by atoms with van der Waals surface area (Å²) in [7, 11) is -3.36. The lowest BCUT2D eigenvalue weighted by Crippen LogP contribution is -2.38. The van der Waals surface area contributed by atoms with Crippen LogP contribution in [0.4, 0.5) is 0 Å². The van der Waals surface area contributed by atoms with Gasteiger partial charge >= 0.3 is 0 Å². The van der Waals surface area contributed by atoms with Crippen LogP contribution in [0, 0.1) is 0 Å². The molecular weight excluding hydrogens is 532 g/mol. The predicted octanol–water partition coefficient (Wildman–Crippen LogP) is 6.18. The Morgan fingerprint density at radius 2 is 1.63 bits per heavy atom. The molecule has 1 N–H and O–H groups in total. The normalized spacial score (nSPS) is 15.2. The molecule has 41 heavy (non-hydrogen) atoms. The number of aromatic nitrogens is 2. The average molecular weight is 573 g/mol. The van der Waals surface area contributed by atoms with Crippen molar-refractivity contribution in [3.05, 3.63) is 95.3 Å². The number of sulfone groups is 1. The summed E-state index contributed by atoms with van der Waals surface area (Å²) >= 11 is 0. The van der Waals surface area contributed by atoms with Gasteiger partial charge < -0.3 is 9.88 Å². The molecule has 1 amide bonds. The highest BCUT2D eigenvalue weighted by atomic mass is 32.2. The van der Waals surface area contributed by atoms with E-state index in [1.54, 1.807) is 12.1 Å². The van der Waals surface area contributed by atoms with E-state index in [0.29, 0.717) is 18.5 Å². The minimum atomic E-state index is -3.36. The van der Waals surface area contributed by atoms with Crippen LogP contribution in [0.1, 0.15) is 72.4 Å². The third kappa shape index (κ3) is 7.05. The number of carbonyl (C=O) groups excluding carboxylic acids is 1. The molecule has 4 aromatic rings. The first-order valence-corrected chi connectivity index (χ1v) is 16.6. The number of carbonyl (C=O) groups is 1. The molecule has 1 aromatic heterocycles. The lowest BCUT2D eigenvalue weighted by molar-refractivity contribution is 0.0663. The monoisotopic (exact) mass is 572 g/mol. The first-order chi connectivity index (χ1) is 19.8. The Morgan fingerprint density at radius 3 is 2.32 bits per heavy atom. The van der Waals surface area contributed by atoms with Gasteiger partial charge in [-0.1, -0.05) is 56.2 Å². The Morgan fingerprint density at radius 1 is 0.951 bits per heavy atom. The van der Waals surface area contributed by atoms with E-state index in [0.717, 1.165) is 49.3 Å². The molecule has 0 radical (unpaired) electrons. The molecule has 1 unspecified atom stereocenters. The molecule has 8 heteroatoms. The molecule has 5 rings (SSSR count). The molecular formula is C33H40N4O3S. The van der Waals surface area contributed by atoms with Crippen LogP contribution in [-0.4, -0.2) is 60.0 Å². The number of nitrogens with zero attached hydrogens (tertiary/aromatic N) is 3. The molecule has 7 nitrogen and oxygen atoms in total. The maximum Gasteiger partial charge on any atom is 0.254 e. The van der Waals surface area contributed by atoms with Gasteiger partial charge in [-0.05, 0) is 79.9 Å². The van der Waals surface area contributed by atoms with Crippen LogP contribution in [0.3, 0.4) is 0 Å². The Balaban J connectivity index is 1.54. The Bertz CT molecular complexity index is 1540. The summed E-state index contributed by atoms with van der Waals surface area (Å²) in [5.74, 6) is 0.633. The number of aromatic amines is 1. The van der Waals surface area contributed by atoms with Gasteiger partial charge in [-0.15, -0.1) is 0 Å². The van der Waals surface area contributed by atoms with Gasteiger partial charge in [-0.3, -0.25) is 9.69 Å². The third-order valence-electron chi connectivity index (χ3n) is 8.02. The SMILES string of the molecule is CCCCN(C(=O)c1ccc(S(C)(=O)=O)cc1)C(Cc1ccccc1CN1CCCCC1)c1nc2ccccc2[nH]1. The quantitative estimate of drug-likeness (QED) is 0.232. The van der Waals surface area contributed by atoms with Crippen LogP contribution in [0.5, 0.6) is 0 Å². The number of benzene rings is 3. The number of hydrogen-bond acceptors (Lipinski definition) is 5. The van der Waals surface area contributed by atoms with Gasteiger partial charge in [0.2, 0.25) is 0 Å². The number of rotatable bonds is 11. The van der Waals surface area contributed by atoms with Crippen molar-refractivity contribution >= 4 is 26.8 Å². The summed E-state index contributed by atoms with van der Waals surface area (Å²) < 4.78 is 24.1. The number of unbranched alkanes of at least 4 members (excludes halogenated alkanes) is 1. The summed E-state index contributed by atoms with van der Waals surface area (Å²) in [5, 5.41) is 0. The van der Waals surface area contributed by atoms with E-state index in [1.165, 1.54) is 48.8 Å². The first-order valence-electron chi connectivity index (χ1n) is 14.7. The Hall–Kier alpha value is -3.49. The van der Waals surface area contributed by atoms with Crippen LogP contribution in [0.25, 0.3) is 11.0 Å². The summed E-state index contributed by atoms with van der Waals surface area (Å²) in [6.45, 7) is 5.82. The summed E-state index contributed by atoms with van der Waals surface area (Å²) in [5.41, 5.74) is 4.78. The van der Waals surface area contributed by atoms with Gasteiger partial charge in [-0.2, -0.15) is 0 Å². The molecule has 1 atom stereocenters. The van der Waals surface area contributed by atoms with Gasteiger partial charge in [0.25, 0.3) is 5.91 Å². The second-order valence-corrected chi connectivity index (χ2v) is 13.1. The number of para-hydroxylation sites is 2. The minimum absolute atomic E-state index is 0.127. The maximum absolute atomic E-state index is 14.2. The van der Waals surface area contributed by atoms with Gasteiger partial charge in [0, 0.05) is 31.3 Å². The van der Waals surface area contributed by atoms with Crippen LogP contribution in [-0.2, 0) is 22.8 Å². The minimum Gasteiger partial charge on any atom is -0.340 e. The summed E-state index contributed by atoms with van der Waals surface area (Å²) in [6, 6.07) is 22.5. The smallest absolute Gasteiger partial charge is 0.254 e. The zero-order valence-electron chi connectivity index (χ0n) is 24.1. The van der Waals surface area contributed by atoms with E-state index in [2.05, 4.69) is 41.1 Å². The third-order valence-corrected chi connectivity index (χ3v) is 9.15. The van der Waals surface area contributed by atoms with Crippen LogP contribution >= 0.6 is 0 Å². The molecule has 0 saturated carbocycles. The number of likely N-dealkylation sites (tertiary alicyclic amines) is 1. The van der Waals surface area contributed by atoms with E-state index >= 15 is 0 Å². The molecule has 1 fully saturated rings. The van der Waals surface area contributed by atoms with Crippen LogP contribution < -0.4 is 0 Å². The van der Waals surface area contributed by atoms with Crippen molar-refractivity contribution in [2.75, 3.05) is 25.9 Å². The average Bonchev–Trinajstić information content (AvgIpc) is 3.42. The van der Waals surface area contributed by atoms with Gasteiger partial charge in [-0.25, -0.2) is 13.4 Å². The number of nitrogens with one attached hydrogen (secondary N) is 1. The number of fused-ring (bicyclic) bond motifs is 1. The second kappa shape index (κ2) is 13.0. The standard InChI is InChI=1S/C33H40N4O3S/c1-3-4-22-37(33(38)25-16-18-28(19-17-25)41(2,39)40)31(32-34-29-14-8-9-15-30(29)35-32)23-26-12-6-7-13-27(26)24-36-20-10-5-11-21-36/h6-9,12-19,31H,3-5,10-11,20-24H2,1-2H3,(H,34,35). The van der Waals surface area contributed by atoms with Crippen molar-refractivity contribution in [1.29, 1.82) is 0 Å². The fourth-order valence-corrected chi connectivity index (χ4v) is 6.33. The Kier molecular flexibility index (Phi) is 9.20. The van der Waals surface area contributed by atoms with Gasteiger partial charge in [0.1, 0.15) is 5.82 Å². The number of imidazole rings is 1. The highest BCUT2D eigenvalue weighted by Crippen LogP contribution is 2.30. The molecule has 216 valence electrons. The van der Waals surface area contributed by atoms with Crippen molar-refractivity contribution in [1.82, 2.24) is 19.8 Å². The van der Waals surface area contributed by atoms with Crippen molar-refractivity contribution in [2.24, 2.45) is 0 Å². The van der Waals surface area contributed by atoms with E-state index in [4.69, 9.17) is 4.98 Å². The zero-order valence-corrected chi connectivity index (χ0v) is 24.9. The van der Waals surface area contributed by atoms with Crippen molar-refractivity contribution in [3.63, 3.8) is 0 Å². The summed E-state index contributed by atoms with van der Waals surface area (Å²) in [6.07, 6.45) is 7.36. The predicted molar refractivity (Wildman–Crippen MR) is 164 cm³/mol. The van der Waals surface area contributed by atoms with E-state index in [9.17, 15) is 13.2 Å². The fourth-order valence-electron chi connectivity index (χ4n) is 5.70. The lowest BCUT2D eigenvalue weighted by Gasteiger charge is -2.32. The topological polar surface area (TPSA) is 86.4 Å². The zero-order chi connectivity index (χ0) is 28.8. The largest absolute Gasteiger partial charge is 0.340 e. The molecule has 0 bridgehead atoms. The lowest BCUT2D eigenvalue weighted by atomic mass is 9.97. The molecule has 1 aliphatic heterocycles. The van der Waals surface area contributed by atoms with E-state index < -0.39 is 9.84 Å². The maximum atomic E-state index is 14.2. The molecule has 2 heterocycles. The number of piperidine rings is 1. The number of hydrogen-bond donors (Lipinski definition) is 1. The fraction of sp³-hybridized carbons (Fsp3) is 0.394.